The highest BCUT2D eigenvalue weighted by atomic mass is 32.2. The van der Waals surface area contributed by atoms with Gasteiger partial charge in [-0.2, -0.15) is 0 Å². The summed E-state index contributed by atoms with van der Waals surface area (Å²) in [5, 5.41) is 0. The fraction of sp³-hybridized carbons (Fsp3) is 0.350. The Morgan fingerprint density at radius 3 is 2.15 bits per heavy atom. The summed E-state index contributed by atoms with van der Waals surface area (Å²) in [6.45, 7) is 3.29. The van der Waals surface area contributed by atoms with Crippen molar-refractivity contribution < 1.29 is 17.9 Å². The maximum absolute atomic E-state index is 12.5. The summed E-state index contributed by atoms with van der Waals surface area (Å²) in [4.78, 5) is 13.7. The number of hydrogen-bond acceptors (Lipinski definition) is 5. The zero-order valence-electron chi connectivity index (χ0n) is 15.5. The van der Waals surface area contributed by atoms with E-state index in [-0.39, 0.29) is 10.7 Å². The number of nitrogens with one attached hydrogen (secondary N) is 1. The van der Waals surface area contributed by atoms with Crippen molar-refractivity contribution in [1.29, 1.82) is 0 Å². The molecule has 2 aromatic rings. The number of carbonyl (C=O) groups excluding carboxylic acids is 1. The number of ether oxygens (including phenoxy) is 1. The minimum absolute atomic E-state index is 0.1000. The molecule has 0 amide bonds. The number of anilines is 2. The van der Waals surface area contributed by atoms with Gasteiger partial charge in [-0.3, -0.25) is 9.52 Å². The average molecular weight is 388 g/mol. The maximum Gasteiger partial charge on any atom is 0.261 e. The second-order valence-corrected chi connectivity index (χ2v) is 8.34. The molecule has 6 nitrogen and oxygen atoms in total. The highest BCUT2D eigenvalue weighted by Gasteiger charge is 2.19. The Labute approximate surface area is 160 Å². The first-order valence-corrected chi connectivity index (χ1v) is 10.4. The minimum Gasteiger partial charge on any atom is -0.381 e. The molecular weight excluding hydrogens is 364 g/mol. The van der Waals surface area contributed by atoms with Gasteiger partial charge in [0.15, 0.2) is 5.78 Å². The third kappa shape index (κ3) is 4.67. The third-order valence-electron chi connectivity index (χ3n) is 4.83. The van der Waals surface area contributed by atoms with Gasteiger partial charge in [0.05, 0.1) is 11.0 Å². The molecule has 0 aromatic heterocycles. The smallest absolute Gasteiger partial charge is 0.261 e. The van der Waals surface area contributed by atoms with Crippen LogP contribution in [0, 0.1) is 0 Å². The molecule has 1 aliphatic heterocycles. The molecule has 1 saturated heterocycles. The van der Waals surface area contributed by atoms with E-state index in [0.29, 0.717) is 17.4 Å². The molecule has 7 heteroatoms. The summed E-state index contributed by atoms with van der Waals surface area (Å²) in [7, 11) is -1.95. The number of benzene rings is 2. The number of hydrogen-bond donors (Lipinski definition) is 1. The lowest BCUT2D eigenvalue weighted by molar-refractivity contribution is 0.0819. The number of methoxy groups -OCH3 is 1. The first-order chi connectivity index (χ1) is 12.9. The molecule has 27 heavy (non-hydrogen) atoms. The molecule has 1 heterocycles. The summed E-state index contributed by atoms with van der Waals surface area (Å²) < 4.78 is 33.0. The lowest BCUT2D eigenvalue weighted by Gasteiger charge is -2.33. The van der Waals surface area contributed by atoms with Gasteiger partial charge in [0, 0.05) is 37.1 Å². The number of rotatable bonds is 6. The Morgan fingerprint density at radius 2 is 1.63 bits per heavy atom. The van der Waals surface area contributed by atoms with E-state index in [1.54, 1.807) is 19.2 Å². The zero-order valence-corrected chi connectivity index (χ0v) is 16.3. The van der Waals surface area contributed by atoms with Crippen LogP contribution >= 0.6 is 0 Å². The van der Waals surface area contributed by atoms with E-state index < -0.39 is 10.0 Å². The second-order valence-electron chi connectivity index (χ2n) is 6.66. The fourth-order valence-electron chi connectivity index (χ4n) is 3.17. The second kappa shape index (κ2) is 8.10. The number of Topliss-reactive ketones (excluding diaryl/α,β-unsaturated/α-hetero) is 1. The van der Waals surface area contributed by atoms with E-state index in [1.165, 1.54) is 31.2 Å². The summed E-state index contributed by atoms with van der Waals surface area (Å²) in [5.41, 5.74) is 2.05. The highest BCUT2D eigenvalue weighted by Crippen LogP contribution is 2.24. The van der Waals surface area contributed by atoms with Crippen molar-refractivity contribution >= 4 is 27.2 Å². The summed E-state index contributed by atoms with van der Waals surface area (Å²) in [5.74, 6) is -0.1000. The molecule has 1 N–H and O–H groups in total. The molecule has 144 valence electrons. The van der Waals surface area contributed by atoms with Crippen LogP contribution in [0.1, 0.15) is 30.1 Å². The van der Waals surface area contributed by atoms with E-state index in [1.807, 2.05) is 12.1 Å². The van der Waals surface area contributed by atoms with Crippen LogP contribution in [-0.2, 0) is 14.8 Å². The largest absolute Gasteiger partial charge is 0.381 e. The predicted molar refractivity (Wildman–Crippen MR) is 106 cm³/mol. The standard InChI is InChI=1S/C20H24N2O4S/c1-15(23)16-3-9-20(10-4-16)27(24,25)21-17-5-7-18(8-6-17)22-13-11-19(26-2)12-14-22/h3-10,19,21H,11-14H2,1-2H3. The van der Waals surface area contributed by atoms with Crippen molar-refractivity contribution in [2.75, 3.05) is 29.8 Å². The van der Waals surface area contributed by atoms with Crippen molar-refractivity contribution in [2.45, 2.75) is 30.8 Å². The van der Waals surface area contributed by atoms with Gasteiger partial charge >= 0.3 is 0 Å². The Morgan fingerprint density at radius 1 is 1.04 bits per heavy atom. The highest BCUT2D eigenvalue weighted by molar-refractivity contribution is 7.92. The van der Waals surface area contributed by atoms with Crippen molar-refractivity contribution in [3.63, 3.8) is 0 Å². The predicted octanol–water partition coefficient (Wildman–Crippen LogP) is 3.31. The number of nitrogens with zero attached hydrogens (tertiary/aromatic N) is 1. The Hall–Kier alpha value is -2.38. The van der Waals surface area contributed by atoms with Crippen LogP contribution < -0.4 is 9.62 Å². The van der Waals surface area contributed by atoms with E-state index in [4.69, 9.17) is 4.74 Å². The molecule has 3 rings (SSSR count). The van der Waals surface area contributed by atoms with E-state index >= 15 is 0 Å². The van der Waals surface area contributed by atoms with Crippen molar-refractivity contribution in [1.82, 2.24) is 0 Å². The van der Waals surface area contributed by atoms with E-state index in [0.717, 1.165) is 31.6 Å². The fourth-order valence-corrected chi connectivity index (χ4v) is 4.23. The van der Waals surface area contributed by atoms with Crippen LogP contribution in [0.15, 0.2) is 53.4 Å². The molecule has 0 saturated carbocycles. The quantitative estimate of drug-likeness (QED) is 0.769. The molecule has 2 aromatic carbocycles. The lowest BCUT2D eigenvalue weighted by Crippen LogP contribution is -2.36. The van der Waals surface area contributed by atoms with Gasteiger partial charge in [0.1, 0.15) is 0 Å². The lowest BCUT2D eigenvalue weighted by atomic mass is 10.1. The molecule has 0 aliphatic carbocycles. The van der Waals surface area contributed by atoms with Gasteiger partial charge in [0.25, 0.3) is 10.0 Å². The topological polar surface area (TPSA) is 75.7 Å². The van der Waals surface area contributed by atoms with Gasteiger partial charge < -0.3 is 9.64 Å². The molecule has 1 aliphatic rings. The molecule has 0 bridgehead atoms. The monoisotopic (exact) mass is 388 g/mol. The first-order valence-electron chi connectivity index (χ1n) is 8.90. The number of piperidine rings is 1. The maximum atomic E-state index is 12.5. The van der Waals surface area contributed by atoms with Gasteiger partial charge in [0.2, 0.25) is 0 Å². The first kappa shape index (κ1) is 19.4. The molecular formula is C20H24N2O4S. The summed E-state index contributed by atoms with van der Waals surface area (Å²) in [6, 6.07) is 13.3. The average Bonchev–Trinajstić information content (AvgIpc) is 2.68. The normalized spacial score (nSPS) is 15.6. The third-order valence-corrected chi connectivity index (χ3v) is 6.23. The van der Waals surface area contributed by atoms with Crippen LogP contribution in [0.2, 0.25) is 0 Å². The molecule has 1 fully saturated rings. The zero-order chi connectivity index (χ0) is 19.4. The van der Waals surface area contributed by atoms with E-state index in [2.05, 4.69) is 9.62 Å². The van der Waals surface area contributed by atoms with Crippen molar-refractivity contribution in [3.8, 4) is 0 Å². The molecule has 0 unspecified atom stereocenters. The van der Waals surface area contributed by atoms with Crippen LogP contribution in [0.4, 0.5) is 11.4 Å². The number of sulfonamides is 1. The number of carbonyl (C=O) groups is 1. The van der Waals surface area contributed by atoms with Gasteiger partial charge in [-0.15, -0.1) is 0 Å². The summed E-state index contributed by atoms with van der Waals surface area (Å²) >= 11 is 0. The van der Waals surface area contributed by atoms with Crippen LogP contribution in [0.5, 0.6) is 0 Å². The Kier molecular flexibility index (Phi) is 5.82. The molecule has 0 radical (unpaired) electrons. The van der Waals surface area contributed by atoms with Gasteiger partial charge in [-0.1, -0.05) is 12.1 Å². The van der Waals surface area contributed by atoms with Crippen molar-refractivity contribution in [2.24, 2.45) is 0 Å². The SMILES string of the molecule is COC1CCN(c2ccc(NS(=O)(=O)c3ccc(C(C)=O)cc3)cc2)CC1. The number of ketones is 1. The Bertz CT molecular complexity index is 885. The minimum atomic E-state index is -3.70. The van der Waals surface area contributed by atoms with Crippen LogP contribution in [0.3, 0.4) is 0 Å². The van der Waals surface area contributed by atoms with Gasteiger partial charge in [-0.05, 0) is 56.2 Å². The summed E-state index contributed by atoms with van der Waals surface area (Å²) in [6.07, 6.45) is 2.30. The van der Waals surface area contributed by atoms with Crippen LogP contribution in [0.25, 0.3) is 0 Å². The van der Waals surface area contributed by atoms with Crippen LogP contribution in [-0.4, -0.2) is 40.5 Å². The van der Waals surface area contributed by atoms with Crippen molar-refractivity contribution in [3.05, 3.63) is 54.1 Å². The Balaban J connectivity index is 1.67. The van der Waals surface area contributed by atoms with Gasteiger partial charge in [-0.25, -0.2) is 8.42 Å². The van der Waals surface area contributed by atoms with E-state index in [9.17, 15) is 13.2 Å². The molecule has 0 spiro atoms. The molecule has 0 atom stereocenters.